The smallest absolute Gasteiger partial charge is 0.0692 e. The summed E-state index contributed by atoms with van der Waals surface area (Å²) < 4.78 is 0. The lowest BCUT2D eigenvalue weighted by Crippen LogP contribution is -2.55. The van der Waals surface area contributed by atoms with Crippen LogP contribution in [-0.4, -0.2) is 46.2 Å². The van der Waals surface area contributed by atoms with E-state index in [0.717, 1.165) is 19.5 Å². The topological polar surface area (TPSA) is 23.5 Å². The third-order valence-corrected chi connectivity index (χ3v) is 4.29. The summed E-state index contributed by atoms with van der Waals surface area (Å²) >= 11 is 2.01. The van der Waals surface area contributed by atoms with Crippen LogP contribution in [0.2, 0.25) is 0 Å². The molecule has 0 bridgehead atoms. The molecule has 0 saturated carbocycles. The number of hydrogen-bond acceptors (Lipinski definition) is 3. The molecule has 3 heteroatoms. The van der Waals surface area contributed by atoms with Gasteiger partial charge < -0.3 is 5.11 Å². The van der Waals surface area contributed by atoms with Crippen LogP contribution >= 0.6 is 11.8 Å². The summed E-state index contributed by atoms with van der Waals surface area (Å²) in [7, 11) is 0. The van der Waals surface area contributed by atoms with Crippen molar-refractivity contribution in [1.82, 2.24) is 4.90 Å². The highest BCUT2D eigenvalue weighted by molar-refractivity contribution is 7.99. The summed E-state index contributed by atoms with van der Waals surface area (Å²) in [5.74, 6) is 2.42. The number of rotatable bonds is 3. The first-order valence-corrected chi connectivity index (χ1v) is 6.27. The van der Waals surface area contributed by atoms with Crippen LogP contribution in [0, 0.1) is 0 Å². The largest absolute Gasteiger partial charge is 0.391 e. The summed E-state index contributed by atoms with van der Waals surface area (Å²) in [6, 6.07) is 0. The molecule has 0 aromatic heterocycles. The minimum Gasteiger partial charge on any atom is -0.391 e. The van der Waals surface area contributed by atoms with Gasteiger partial charge in [0.05, 0.1) is 6.10 Å². The molecule has 0 amide bonds. The highest BCUT2D eigenvalue weighted by atomic mass is 32.2. The van der Waals surface area contributed by atoms with E-state index in [1.165, 1.54) is 11.5 Å². The van der Waals surface area contributed by atoms with E-state index in [2.05, 4.69) is 18.7 Å². The van der Waals surface area contributed by atoms with Crippen molar-refractivity contribution in [3.63, 3.8) is 0 Å². The molecule has 1 aliphatic heterocycles. The Morgan fingerprint density at radius 3 is 2.38 bits per heavy atom. The first-order chi connectivity index (χ1) is 6.11. The van der Waals surface area contributed by atoms with E-state index in [-0.39, 0.29) is 11.6 Å². The Hall–Kier alpha value is 0.270. The van der Waals surface area contributed by atoms with E-state index < -0.39 is 0 Å². The molecular formula is C10H21NOS. The summed E-state index contributed by atoms with van der Waals surface area (Å²) in [4.78, 5) is 2.44. The van der Waals surface area contributed by atoms with Crippen molar-refractivity contribution in [3.05, 3.63) is 0 Å². The van der Waals surface area contributed by atoms with Gasteiger partial charge in [0.1, 0.15) is 0 Å². The molecule has 78 valence electrons. The van der Waals surface area contributed by atoms with Crippen molar-refractivity contribution in [2.24, 2.45) is 0 Å². The second-order valence-electron chi connectivity index (χ2n) is 3.99. The van der Waals surface area contributed by atoms with Crippen LogP contribution in [0.15, 0.2) is 0 Å². The van der Waals surface area contributed by atoms with Gasteiger partial charge >= 0.3 is 0 Å². The fraction of sp³-hybridized carbons (Fsp3) is 1.00. The van der Waals surface area contributed by atoms with E-state index in [1.54, 1.807) is 0 Å². The predicted molar refractivity (Wildman–Crippen MR) is 59.3 cm³/mol. The third kappa shape index (κ3) is 2.39. The highest BCUT2D eigenvalue weighted by Crippen LogP contribution is 2.26. The van der Waals surface area contributed by atoms with Gasteiger partial charge in [0, 0.05) is 30.1 Å². The van der Waals surface area contributed by atoms with Crippen molar-refractivity contribution >= 4 is 11.8 Å². The van der Waals surface area contributed by atoms with Crippen LogP contribution < -0.4 is 0 Å². The van der Waals surface area contributed by atoms with Crippen molar-refractivity contribution < 1.29 is 5.11 Å². The van der Waals surface area contributed by atoms with E-state index >= 15 is 0 Å². The molecule has 1 heterocycles. The van der Waals surface area contributed by atoms with Gasteiger partial charge in [-0.25, -0.2) is 0 Å². The number of aliphatic hydroxyl groups excluding tert-OH is 1. The predicted octanol–water partition coefficient (Wildman–Crippen LogP) is 1.58. The number of thioether (sulfide) groups is 1. The van der Waals surface area contributed by atoms with Crippen LogP contribution in [0.4, 0.5) is 0 Å². The Morgan fingerprint density at radius 1 is 1.46 bits per heavy atom. The fourth-order valence-electron chi connectivity index (χ4n) is 1.86. The van der Waals surface area contributed by atoms with Gasteiger partial charge in [-0.3, -0.25) is 4.90 Å². The van der Waals surface area contributed by atoms with Gasteiger partial charge in [0.25, 0.3) is 0 Å². The molecule has 1 saturated heterocycles. The first-order valence-electron chi connectivity index (χ1n) is 5.12. The average molecular weight is 203 g/mol. The quantitative estimate of drug-likeness (QED) is 0.753. The van der Waals surface area contributed by atoms with E-state index in [0.29, 0.717) is 0 Å². The highest BCUT2D eigenvalue weighted by Gasteiger charge is 2.35. The van der Waals surface area contributed by atoms with Crippen LogP contribution in [0.1, 0.15) is 27.2 Å². The van der Waals surface area contributed by atoms with Crippen LogP contribution in [0.25, 0.3) is 0 Å². The number of aliphatic hydroxyl groups is 1. The van der Waals surface area contributed by atoms with Crippen molar-refractivity contribution in [1.29, 1.82) is 0 Å². The molecule has 0 radical (unpaired) electrons. The monoisotopic (exact) mass is 203 g/mol. The molecule has 0 spiro atoms. The van der Waals surface area contributed by atoms with Gasteiger partial charge in [0.2, 0.25) is 0 Å². The van der Waals surface area contributed by atoms with Gasteiger partial charge in [-0.2, -0.15) is 11.8 Å². The maximum atomic E-state index is 9.78. The van der Waals surface area contributed by atoms with Gasteiger partial charge in [-0.15, -0.1) is 0 Å². The SMILES string of the molecule is CCC(C)(C(C)O)N1CCSCC1. The van der Waals surface area contributed by atoms with Crippen LogP contribution in [0.3, 0.4) is 0 Å². The minimum absolute atomic E-state index is 0.0129. The van der Waals surface area contributed by atoms with E-state index in [9.17, 15) is 5.11 Å². The van der Waals surface area contributed by atoms with E-state index in [1.807, 2.05) is 18.7 Å². The van der Waals surface area contributed by atoms with Crippen LogP contribution in [-0.2, 0) is 0 Å². The lowest BCUT2D eigenvalue weighted by Gasteiger charge is -2.44. The Kier molecular flexibility index (Phi) is 4.07. The van der Waals surface area contributed by atoms with Crippen LogP contribution in [0.5, 0.6) is 0 Å². The Bertz CT molecular complexity index is 157. The molecule has 2 unspecified atom stereocenters. The lowest BCUT2D eigenvalue weighted by molar-refractivity contribution is -0.00917. The third-order valence-electron chi connectivity index (χ3n) is 3.35. The zero-order valence-corrected chi connectivity index (χ0v) is 9.73. The van der Waals surface area contributed by atoms with Crippen molar-refractivity contribution in [2.75, 3.05) is 24.6 Å². The molecule has 2 atom stereocenters. The molecule has 1 rings (SSSR count). The van der Waals surface area contributed by atoms with Gasteiger partial charge in [0.15, 0.2) is 0 Å². The molecule has 0 aromatic carbocycles. The standard InChI is InChI=1S/C10H21NOS/c1-4-10(3,9(2)12)11-5-7-13-8-6-11/h9,12H,4-8H2,1-3H3. The Labute approximate surface area is 85.7 Å². The molecule has 13 heavy (non-hydrogen) atoms. The molecule has 1 N–H and O–H groups in total. The number of nitrogens with zero attached hydrogens (tertiary/aromatic N) is 1. The lowest BCUT2D eigenvalue weighted by atomic mass is 9.90. The number of hydrogen-bond donors (Lipinski definition) is 1. The Balaban J connectivity index is 2.62. The zero-order chi connectivity index (χ0) is 9.90. The summed E-state index contributed by atoms with van der Waals surface area (Å²) in [5, 5.41) is 9.78. The van der Waals surface area contributed by atoms with Gasteiger partial charge in [-0.05, 0) is 20.3 Å². The maximum absolute atomic E-state index is 9.78. The maximum Gasteiger partial charge on any atom is 0.0692 e. The van der Waals surface area contributed by atoms with Crippen molar-refractivity contribution in [2.45, 2.75) is 38.8 Å². The minimum atomic E-state index is -0.236. The van der Waals surface area contributed by atoms with Crippen molar-refractivity contribution in [3.8, 4) is 0 Å². The molecular weight excluding hydrogens is 182 g/mol. The molecule has 2 nitrogen and oxygen atoms in total. The second kappa shape index (κ2) is 4.67. The molecule has 0 aromatic rings. The fourth-order valence-corrected chi connectivity index (χ4v) is 2.76. The zero-order valence-electron chi connectivity index (χ0n) is 8.92. The summed E-state index contributed by atoms with van der Waals surface area (Å²) in [5.41, 5.74) is -0.0129. The van der Waals surface area contributed by atoms with E-state index in [4.69, 9.17) is 0 Å². The second-order valence-corrected chi connectivity index (χ2v) is 5.21. The first kappa shape index (κ1) is 11.3. The molecule has 0 aliphatic carbocycles. The Morgan fingerprint density at radius 2 is 2.00 bits per heavy atom. The molecule has 1 aliphatic rings. The summed E-state index contributed by atoms with van der Waals surface area (Å²) in [6.07, 6.45) is 0.788. The average Bonchev–Trinajstić information content (AvgIpc) is 2.17. The van der Waals surface area contributed by atoms with Gasteiger partial charge in [-0.1, -0.05) is 6.92 Å². The molecule has 1 fully saturated rings. The summed E-state index contributed by atoms with van der Waals surface area (Å²) in [6.45, 7) is 8.49. The normalized spacial score (nSPS) is 26.8.